The number of aryl methyl sites for hydroxylation is 1. The maximum absolute atomic E-state index is 13.2. The van der Waals surface area contributed by atoms with E-state index in [1.54, 1.807) is 28.0 Å². The fourth-order valence-corrected chi connectivity index (χ4v) is 3.72. The predicted octanol–water partition coefficient (Wildman–Crippen LogP) is 4.60. The van der Waals surface area contributed by atoms with Crippen molar-refractivity contribution in [3.63, 3.8) is 0 Å². The van der Waals surface area contributed by atoms with Crippen LogP contribution in [0, 0.1) is 17.7 Å². The van der Waals surface area contributed by atoms with Gasteiger partial charge in [-0.1, -0.05) is 26.0 Å². The minimum Gasteiger partial charge on any atom is -0.314 e. The smallest absolute Gasteiger partial charge is 0.314 e. The average Bonchev–Trinajstić information content (AvgIpc) is 3.09. The van der Waals surface area contributed by atoms with Crippen LogP contribution in [0.15, 0.2) is 36.4 Å². The molecule has 0 spiro atoms. The summed E-state index contributed by atoms with van der Waals surface area (Å²) in [6, 6.07) is 11.3. The molecular weight excluding hydrogens is 376 g/mol. The Labute approximate surface area is 178 Å². The van der Waals surface area contributed by atoms with Crippen molar-refractivity contribution >= 4 is 29.7 Å². The molecule has 0 aliphatic carbocycles. The van der Waals surface area contributed by atoms with Crippen LogP contribution in [0.3, 0.4) is 0 Å². The van der Waals surface area contributed by atoms with Crippen molar-refractivity contribution in [1.29, 1.82) is 10.8 Å². The van der Waals surface area contributed by atoms with Gasteiger partial charge in [-0.25, -0.2) is 9.78 Å². The van der Waals surface area contributed by atoms with Crippen molar-refractivity contribution < 1.29 is 4.79 Å². The van der Waals surface area contributed by atoms with Gasteiger partial charge in [-0.3, -0.25) is 20.6 Å². The van der Waals surface area contributed by atoms with Crippen LogP contribution in [-0.4, -0.2) is 47.2 Å². The zero-order valence-electron chi connectivity index (χ0n) is 18.3. The van der Waals surface area contributed by atoms with Gasteiger partial charge in [-0.05, 0) is 62.1 Å². The van der Waals surface area contributed by atoms with E-state index in [1.807, 2.05) is 19.9 Å². The minimum atomic E-state index is -0.113. The summed E-state index contributed by atoms with van der Waals surface area (Å²) < 4.78 is 0. The second kappa shape index (κ2) is 8.65. The van der Waals surface area contributed by atoms with E-state index in [-0.39, 0.29) is 17.9 Å². The molecule has 0 radical (unpaired) electrons. The van der Waals surface area contributed by atoms with Crippen molar-refractivity contribution in [2.24, 2.45) is 0 Å². The first-order valence-electron chi connectivity index (χ1n) is 10.3. The van der Waals surface area contributed by atoms with E-state index in [4.69, 9.17) is 10.8 Å². The first-order chi connectivity index (χ1) is 14.2. The van der Waals surface area contributed by atoms with Gasteiger partial charge in [0.15, 0.2) is 5.84 Å². The molecule has 0 unspecified atom stereocenters. The Morgan fingerprint density at radius 1 is 1.13 bits per heavy atom. The quantitative estimate of drug-likeness (QED) is 0.543. The molecule has 2 heterocycles. The van der Waals surface area contributed by atoms with Crippen molar-refractivity contribution in [2.75, 3.05) is 22.9 Å². The molecule has 1 aromatic heterocycles. The summed E-state index contributed by atoms with van der Waals surface area (Å²) in [7, 11) is 0. The number of urea groups is 1. The fraction of sp³-hybridized carbons (Fsp3) is 0.391. The third kappa shape index (κ3) is 4.06. The number of amidine groups is 1. The van der Waals surface area contributed by atoms with Crippen molar-refractivity contribution in [3.05, 3.63) is 53.2 Å². The van der Waals surface area contributed by atoms with Gasteiger partial charge in [0.1, 0.15) is 11.5 Å². The summed E-state index contributed by atoms with van der Waals surface area (Å²) in [5.74, 6) is 1.06. The van der Waals surface area contributed by atoms with Gasteiger partial charge in [0.2, 0.25) is 0 Å². The fourth-order valence-electron chi connectivity index (χ4n) is 3.72. The molecule has 0 saturated carbocycles. The molecule has 1 aliphatic heterocycles. The molecular formula is C23H30N6O. The molecule has 30 heavy (non-hydrogen) atoms. The summed E-state index contributed by atoms with van der Waals surface area (Å²) >= 11 is 0. The van der Waals surface area contributed by atoms with Crippen LogP contribution < -0.4 is 9.80 Å². The van der Waals surface area contributed by atoms with E-state index >= 15 is 0 Å². The van der Waals surface area contributed by atoms with Gasteiger partial charge < -0.3 is 4.90 Å². The molecule has 2 amide bonds. The molecule has 1 fully saturated rings. The molecule has 0 atom stereocenters. The number of carbonyl (C=O) groups is 1. The molecule has 3 rings (SSSR count). The lowest BCUT2D eigenvalue weighted by atomic mass is 9.97. The normalized spacial score (nSPS) is 14.0. The van der Waals surface area contributed by atoms with E-state index in [9.17, 15) is 4.79 Å². The van der Waals surface area contributed by atoms with Gasteiger partial charge in [0.25, 0.3) is 0 Å². The van der Waals surface area contributed by atoms with Crippen LogP contribution in [-0.2, 0) is 0 Å². The number of aromatic nitrogens is 1. The SMILES string of the molecule is Cc1ccc(N2CCN(c3cccc(C(=N)N(C=N)C(C)C)n3)C2=O)cc1C(C)C. The van der Waals surface area contributed by atoms with Crippen LogP contribution in [0.25, 0.3) is 0 Å². The number of nitrogens with zero attached hydrogens (tertiary/aromatic N) is 4. The van der Waals surface area contributed by atoms with E-state index in [0.29, 0.717) is 30.5 Å². The van der Waals surface area contributed by atoms with Crippen LogP contribution in [0.2, 0.25) is 0 Å². The maximum Gasteiger partial charge on any atom is 0.330 e. The second-order valence-electron chi connectivity index (χ2n) is 8.14. The highest BCUT2D eigenvalue weighted by Crippen LogP contribution is 2.29. The van der Waals surface area contributed by atoms with E-state index < -0.39 is 0 Å². The Morgan fingerprint density at radius 3 is 2.47 bits per heavy atom. The average molecular weight is 407 g/mol. The van der Waals surface area contributed by atoms with Crippen LogP contribution in [0.5, 0.6) is 0 Å². The number of benzene rings is 1. The monoisotopic (exact) mass is 406 g/mol. The number of anilines is 2. The molecule has 1 aromatic carbocycles. The highest BCUT2D eigenvalue weighted by Gasteiger charge is 2.32. The number of hydrogen-bond donors (Lipinski definition) is 2. The van der Waals surface area contributed by atoms with Crippen molar-refractivity contribution in [2.45, 2.75) is 46.6 Å². The van der Waals surface area contributed by atoms with E-state index in [1.165, 1.54) is 16.0 Å². The lowest BCUT2D eigenvalue weighted by molar-refractivity contribution is 0.255. The number of rotatable bonds is 6. The molecule has 1 aliphatic rings. The van der Waals surface area contributed by atoms with Crippen molar-refractivity contribution in [1.82, 2.24) is 9.88 Å². The Hall–Kier alpha value is -3.22. The Balaban J connectivity index is 1.86. The standard InChI is InChI=1S/C23H30N6O/c1-15(2)19-13-18(10-9-17(19)5)27-11-12-28(23(27)30)21-8-6-7-20(26-21)22(25)29(14-24)16(3)4/h6-10,13-16,24-25H,11-12H2,1-5H3. The third-order valence-electron chi connectivity index (χ3n) is 5.41. The van der Waals surface area contributed by atoms with Gasteiger partial charge >= 0.3 is 6.03 Å². The number of carbonyl (C=O) groups excluding carboxylic acids is 1. The molecule has 2 aromatic rings. The first kappa shape index (κ1) is 21.5. The molecule has 158 valence electrons. The predicted molar refractivity (Wildman–Crippen MR) is 122 cm³/mol. The zero-order chi connectivity index (χ0) is 22.0. The number of nitrogens with one attached hydrogen (secondary N) is 2. The molecule has 7 nitrogen and oxygen atoms in total. The Kier molecular flexibility index (Phi) is 6.20. The van der Waals surface area contributed by atoms with Gasteiger partial charge in [0, 0.05) is 24.8 Å². The zero-order valence-corrected chi connectivity index (χ0v) is 18.3. The molecule has 0 bridgehead atoms. The Bertz CT molecular complexity index is 968. The van der Waals surface area contributed by atoms with Crippen LogP contribution >= 0.6 is 0 Å². The number of pyridine rings is 1. The minimum absolute atomic E-state index is 0.0268. The highest BCUT2D eigenvalue weighted by molar-refractivity contribution is 6.06. The summed E-state index contributed by atoms with van der Waals surface area (Å²) in [4.78, 5) is 22.7. The summed E-state index contributed by atoms with van der Waals surface area (Å²) in [5, 5.41) is 16.0. The second-order valence-corrected chi connectivity index (χ2v) is 8.14. The third-order valence-corrected chi connectivity index (χ3v) is 5.41. The number of amides is 2. The maximum atomic E-state index is 13.2. The molecule has 2 N–H and O–H groups in total. The highest BCUT2D eigenvalue weighted by atomic mass is 16.2. The topological polar surface area (TPSA) is 87.4 Å². The summed E-state index contributed by atoms with van der Waals surface area (Å²) in [6.45, 7) is 11.4. The van der Waals surface area contributed by atoms with Crippen LogP contribution in [0.1, 0.15) is 50.4 Å². The first-order valence-corrected chi connectivity index (χ1v) is 10.3. The van der Waals surface area contributed by atoms with E-state index in [2.05, 4.69) is 37.9 Å². The van der Waals surface area contributed by atoms with Gasteiger partial charge in [-0.15, -0.1) is 0 Å². The molecule has 1 saturated heterocycles. The lowest BCUT2D eigenvalue weighted by Gasteiger charge is -2.24. The lowest BCUT2D eigenvalue weighted by Crippen LogP contribution is -2.36. The van der Waals surface area contributed by atoms with Gasteiger partial charge in [-0.2, -0.15) is 0 Å². The Morgan fingerprint density at radius 2 is 1.83 bits per heavy atom. The van der Waals surface area contributed by atoms with Crippen molar-refractivity contribution in [3.8, 4) is 0 Å². The van der Waals surface area contributed by atoms with Crippen LogP contribution in [0.4, 0.5) is 16.3 Å². The van der Waals surface area contributed by atoms with Gasteiger partial charge in [0.05, 0.1) is 6.34 Å². The summed E-state index contributed by atoms with van der Waals surface area (Å²) in [5.41, 5.74) is 3.81. The van der Waals surface area contributed by atoms with E-state index in [0.717, 1.165) is 12.0 Å². The number of hydrogen-bond acceptors (Lipinski definition) is 4. The molecule has 7 heteroatoms. The largest absolute Gasteiger partial charge is 0.330 e. The summed E-state index contributed by atoms with van der Waals surface area (Å²) in [6.07, 6.45) is 1.13.